The van der Waals surface area contributed by atoms with Crippen molar-refractivity contribution in [2.75, 3.05) is 19.1 Å². The van der Waals surface area contributed by atoms with Crippen molar-refractivity contribution in [1.82, 2.24) is 9.97 Å². The van der Waals surface area contributed by atoms with Gasteiger partial charge in [0.25, 0.3) is 5.78 Å². The molecule has 8 nitrogen and oxygen atoms in total. The van der Waals surface area contributed by atoms with Crippen molar-refractivity contribution in [3.63, 3.8) is 0 Å². The number of aromatic amines is 1. The van der Waals surface area contributed by atoms with Crippen LogP contribution in [0.25, 0.3) is 16.8 Å². The van der Waals surface area contributed by atoms with Crippen LogP contribution in [0.2, 0.25) is 5.02 Å². The first-order valence-corrected chi connectivity index (χ1v) is 11.0. The van der Waals surface area contributed by atoms with Gasteiger partial charge < -0.3 is 19.6 Å². The molecule has 2 heterocycles. The Morgan fingerprint density at radius 3 is 2.40 bits per heavy atom. The normalized spacial score (nSPS) is 17.2. The number of ketones is 1. The molecule has 1 unspecified atom stereocenters. The number of Topliss-reactive ketones (excluding diaryl/α,β-unsaturated/α-hetero) is 1. The molecule has 1 saturated heterocycles. The number of anilines is 1. The number of aliphatic hydroxyl groups is 1. The third-order valence-corrected chi connectivity index (χ3v) is 6.14. The summed E-state index contributed by atoms with van der Waals surface area (Å²) in [6.07, 6.45) is 0. The molecule has 0 bridgehead atoms. The summed E-state index contributed by atoms with van der Waals surface area (Å²) in [5.74, 6) is -0.903. The largest absolute Gasteiger partial charge is 0.507 e. The number of para-hydroxylation sites is 2. The predicted molar refractivity (Wildman–Crippen MR) is 132 cm³/mol. The van der Waals surface area contributed by atoms with Crippen LogP contribution in [0.3, 0.4) is 0 Å². The number of benzene rings is 3. The lowest BCUT2D eigenvalue weighted by atomic mass is 9.95. The second-order valence-corrected chi connectivity index (χ2v) is 8.30. The molecular weight excluding hydrogens is 470 g/mol. The second-order valence-electron chi connectivity index (χ2n) is 7.87. The molecule has 1 atom stereocenters. The standard InChI is InChI=1S/C26H20ClN3O5/c1-34-19-12-9-15(13-20(19)35-2)22-21(23(31)14-7-10-16(27)11-8-14)24(32)25(33)30(22)26-28-17-5-3-4-6-18(17)29-26/h3-13,22,31H,1-2H3,(H,28,29)/b23-21+. The third kappa shape index (κ3) is 3.77. The smallest absolute Gasteiger partial charge is 0.302 e. The van der Waals surface area contributed by atoms with E-state index in [1.807, 2.05) is 18.2 Å². The molecule has 1 aliphatic heterocycles. The zero-order valence-corrected chi connectivity index (χ0v) is 19.5. The summed E-state index contributed by atoms with van der Waals surface area (Å²) in [4.78, 5) is 35.5. The number of aromatic nitrogens is 2. The fourth-order valence-electron chi connectivity index (χ4n) is 4.21. The number of nitrogens with one attached hydrogen (secondary N) is 1. The van der Waals surface area contributed by atoms with E-state index in [0.29, 0.717) is 38.7 Å². The molecule has 35 heavy (non-hydrogen) atoms. The maximum absolute atomic E-state index is 13.3. The van der Waals surface area contributed by atoms with Crippen molar-refractivity contribution < 1.29 is 24.2 Å². The first-order valence-electron chi connectivity index (χ1n) is 10.7. The van der Waals surface area contributed by atoms with Crippen molar-refractivity contribution in [2.24, 2.45) is 0 Å². The molecule has 9 heteroatoms. The van der Waals surface area contributed by atoms with Gasteiger partial charge in [-0.15, -0.1) is 0 Å². The molecule has 1 aromatic heterocycles. The number of rotatable bonds is 5. The Kier molecular flexibility index (Phi) is 5.66. The van der Waals surface area contributed by atoms with E-state index in [2.05, 4.69) is 9.97 Å². The van der Waals surface area contributed by atoms with Gasteiger partial charge in [-0.3, -0.25) is 14.5 Å². The van der Waals surface area contributed by atoms with Crippen LogP contribution in [0, 0.1) is 0 Å². The monoisotopic (exact) mass is 489 g/mol. The highest BCUT2D eigenvalue weighted by Crippen LogP contribution is 2.43. The third-order valence-electron chi connectivity index (χ3n) is 5.89. The number of ether oxygens (including phenoxy) is 2. The van der Waals surface area contributed by atoms with E-state index >= 15 is 0 Å². The zero-order chi connectivity index (χ0) is 24.7. The van der Waals surface area contributed by atoms with Crippen LogP contribution in [0.15, 0.2) is 72.3 Å². The summed E-state index contributed by atoms with van der Waals surface area (Å²) in [6, 6.07) is 17.7. The predicted octanol–water partition coefficient (Wildman–Crippen LogP) is 4.86. The molecular formula is C26H20ClN3O5. The van der Waals surface area contributed by atoms with Gasteiger partial charge in [-0.2, -0.15) is 0 Å². The van der Waals surface area contributed by atoms with Crippen molar-refractivity contribution in [3.05, 3.63) is 88.5 Å². The van der Waals surface area contributed by atoms with Crippen LogP contribution in [0.5, 0.6) is 11.5 Å². The number of nitrogens with zero attached hydrogens (tertiary/aromatic N) is 2. The van der Waals surface area contributed by atoms with Gasteiger partial charge in [0, 0.05) is 10.6 Å². The van der Waals surface area contributed by atoms with Crippen molar-refractivity contribution >= 4 is 46.0 Å². The molecule has 4 aromatic rings. The fourth-order valence-corrected chi connectivity index (χ4v) is 4.33. The van der Waals surface area contributed by atoms with E-state index in [1.165, 1.54) is 19.1 Å². The number of halogens is 1. The maximum Gasteiger partial charge on any atom is 0.302 e. The van der Waals surface area contributed by atoms with Gasteiger partial charge >= 0.3 is 5.91 Å². The first-order chi connectivity index (χ1) is 16.9. The zero-order valence-electron chi connectivity index (χ0n) is 18.8. The molecule has 2 N–H and O–H groups in total. The molecule has 1 aliphatic rings. The molecule has 0 saturated carbocycles. The fraction of sp³-hybridized carbons (Fsp3) is 0.115. The highest BCUT2D eigenvalue weighted by Gasteiger charge is 2.48. The lowest BCUT2D eigenvalue weighted by molar-refractivity contribution is -0.132. The van der Waals surface area contributed by atoms with Crippen molar-refractivity contribution in [3.8, 4) is 11.5 Å². The number of methoxy groups -OCH3 is 2. The summed E-state index contributed by atoms with van der Waals surface area (Å²) in [5.41, 5.74) is 2.13. The van der Waals surface area contributed by atoms with E-state index in [1.54, 1.807) is 48.5 Å². The molecule has 5 rings (SSSR count). The van der Waals surface area contributed by atoms with Gasteiger partial charge in [0.15, 0.2) is 11.5 Å². The molecule has 1 amide bonds. The Morgan fingerprint density at radius 1 is 1.00 bits per heavy atom. The van der Waals surface area contributed by atoms with Crippen LogP contribution in [-0.4, -0.2) is 41.0 Å². The van der Waals surface area contributed by atoms with Crippen LogP contribution < -0.4 is 14.4 Å². The average Bonchev–Trinajstić information content (AvgIpc) is 3.42. The van der Waals surface area contributed by atoms with Gasteiger partial charge in [0.1, 0.15) is 5.76 Å². The SMILES string of the molecule is COc1ccc(C2/C(=C(\O)c3ccc(Cl)cc3)C(=O)C(=O)N2c2nc3ccccc3[nH]2)cc1OC. The molecule has 3 aromatic carbocycles. The minimum Gasteiger partial charge on any atom is -0.507 e. The number of carbonyl (C=O) groups excluding carboxylic acids is 2. The number of H-pyrrole nitrogens is 1. The summed E-state index contributed by atoms with van der Waals surface area (Å²) >= 11 is 5.99. The topological polar surface area (TPSA) is 105 Å². The van der Waals surface area contributed by atoms with E-state index in [9.17, 15) is 14.7 Å². The quantitative estimate of drug-likeness (QED) is 0.236. The van der Waals surface area contributed by atoms with E-state index in [0.717, 1.165) is 0 Å². The molecule has 0 radical (unpaired) electrons. The van der Waals surface area contributed by atoms with Gasteiger partial charge in [-0.1, -0.05) is 29.8 Å². The van der Waals surface area contributed by atoms with E-state index < -0.39 is 17.7 Å². The summed E-state index contributed by atoms with van der Waals surface area (Å²) in [7, 11) is 3.00. The Morgan fingerprint density at radius 2 is 1.71 bits per heavy atom. The van der Waals surface area contributed by atoms with Crippen LogP contribution in [0.1, 0.15) is 17.2 Å². The minimum atomic E-state index is -0.981. The molecule has 1 fully saturated rings. The van der Waals surface area contributed by atoms with Gasteiger partial charge in [0.05, 0.1) is 36.9 Å². The number of carbonyl (C=O) groups is 2. The number of imidazole rings is 1. The lowest BCUT2D eigenvalue weighted by Gasteiger charge is -2.23. The second kappa shape index (κ2) is 8.81. The lowest BCUT2D eigenvalue weighted by Crippen LogP contribution is -2.30. The number of fused-ring (bicyclic) bond motifs is 1. The minimum absolute atomic E-state index is 0.0787. The number of hydrogen-bond donors (Lipinski definition) is 2. The van der Waals surface area contributed by atoms with Crippen LogP contribution in [0.4, 0.5) is 5.95 Å². The van der Waals surface area contributed by atoms with E-state index in [4.69, 9.17) is 21.1 Å². The number of aliphatic hydroxyl groups excluding tert-OH is 1. The Bertz CT molecular complexity index is 1460. The maximum atomic E-state index is 13.3. The van der Waals surface area contributed by atoms with Crippen molar-refractivity contribution in [2.45, 2.75) is 6.04 Å². The highest BCUT2D eigenvalue weighted by atomic mass is 35.5. The van der Waals surface area contributed by atoms with Gasteiger partial charge in [-0.05, 0) is 54.1 Å². The van der Waals surface area contributed by atoms with Crippen molar-refractivity contribution in [1.29, 1.82) is 0 Å². The van der Waals surface area contributed by atoms with Crippen LogP contribution in [-0.2, 0) is 9.59 Å². The first kappa shape index (κ1) is 22.5. The molecule has 0 aliphatic carbocycles. The summed E-state index contributed by atoms with van der Waals surface area (Å²) in [5, 5.41) is 11.7. The highest BCUT2D eigenvalue weighted by molar-refractivity contribution is 6.51. The molecule has 0 spiro atoms. The summed E-state index contributed by atoms with van der Waals surface area (Å²) < 4.78 is 10.8. The average molecular weight is 490 g/mol. The Balaban J connectivity index is 1.75. The molecule has 176 valence electrons. The van der Waals surface area contributed by atoms with E-state index in [-0.39, 0.29) is 17.3 Å². The van der Waals surface area contributed by atoms with Gasteiger partial charge in [0.2, 0.25) is 5.95 Å². The Labute approximate surface area is 205 Å². The number of amides is 1. The van der Waals surface area contributed by atoms with Gasteiger partial charge in [-0.25, -0.2) is 4.98 Å². The summed E-state index contributed by atoms with van der Waals surface area (Å²) in [6.45, 7) is 0. The number of hydrogen-bond acceptors (Lipinski definition) is 6. The van der Waals surface area contributed by atoms with Crippen LogP contribution >= 0.6 is 11.6 Å². The Hall–Kier alpha value is -4.30.